The van der Waals surface area contributed by atoms with Crippen LogP contribution in [0.5, 0.6) is 0 Å². The molecule has 0 aromatic heterocycles. The largest absolute Gasteiger partial charge is 0.480 e. The zero-order chi connectivity index (χ0) is 16.7. The fourth-order valence-electron chi connectivity index (χ4n) is 3.47. The predicted octanol–water partition coefficient (Wildman–Crippen LogP) is 2.78. The molecule has 4 unspecified atom stereocenters. The molecule has 1 amide bonds. The number of carbonyl (C=O) groups is 2. The number of likely N-dealkylation sites (tertiary alicyclic amines) is 1. The summed E-state index contributed by atoms with van der Waals surface area (Å²) in [5, 5.41) is 9.34. The summed E-state index contributed by atoms with van der Waals surface area (Å²) in [6.45, 7) is 2.40. The average Bonchev–Trinajstić information content (AvgIpc) is 3.26. The molecule has 3 rings (SSSR count). The zero-order valence-corrected chi connectivity index (χ0v) is 12.8. The Balaban J connectivity index is 1.73. The van der Waals surface area contributed by atoms with Crippen molar-refractivity contribution in [2.45, 2.75) is 38.1 Å². The number of hydrogen-bond acceptors (Lipinski definition) is 2. The SMILES string of the molecule is CC1CCN(C(=O)C2CC2c2ccc(F)cc2F)C(C(=O)O)C1. The van der Waals surface area contributed by atoms with Crippen molar-refractivity contribution < 1.29 is 23.5 Å². The number of carboxylic acids is 1. The van der Waals surface area contributed by atoms with E-state index < -0.39 is 29.6 Å². The molecule has 124 valence electrons. The summed E-state index contributed by atoms with van der Waals surface area (Å²) in [5.74, 6) is -2.92. The lowest BCUT2D eigenvalue weighted by molar-refractivity contribution is -0.153. The minimum absolute atomic E-state index is 0.224. The molecule has 1 heterocycles. The fourth-order valence-corrected chi connectivity index (χ4v) is 3.47. The summed E-state index contributed by atoms with van der Waals surface area (Å²) in [5.41, 5.74) is 0.335. The van der Waals surface area contributed by atoms with Crippen LogP contribution in [-0.2, 0) is 9.59 Å². The first kappa shape index (κ1) is 15.9. The van der Waals surface area contributed by atoms with Crippen molar-refractivity contribution in [2.24, 2.45) is 11.8 Å². The molecule has 1 aliphatic heterocycles. The standard InChI is InChI=1S/C17H19F2NO3/c1-9-4-5-20(15(6-9)17(22)23)16(21)13-8-12(13)11-3-2-10(18)7-14(11)19/h2-3,7,9,12-13,15H,4-6,8H2,1H3,(H,22,23). The summed E-state index contributed by atoms with van der Waals surface area (Å²) in [6, 6.07) is 2.57. The van der Waals surface area contributed by atoms with Crippen molar-refractivity contribution >= 4 is 11.9 Å². The Morgan fingerprint density at radius 3 is 2.65 bits per heavy atom. The summed E-state index contributed by atoms with van der Waals surface area (Å²) in [6.07, 6.45) is 1.71. The molecule has 1 aliphatic carbocycles. The third kappa shape index (κ3) is 3.07. The normalized spacial score (nSPS) is 30.1. The number of hydrogen-bond donors (Lipinski definition) is 1. The molecule has 1 aromatic rings. The van der Waals surface area contributed by atoms with Gasteiger partial charge in [-0.2, -0.15) is 0 Å². The Hall–Kier alpha value is -1.98. The van der Waals surface area contributed by atoms with E-state index in [4.69, 9.17) is 0 Å². The highest BCUT2D eigenvalue weighted by molar-refractivity contribution is 5.88. The van der Waals surface area contributed by atoms with Crippen molar-refractivity contribution in [1.29, 1.82) is 0 Å². The lowest BCUT2D eigenvalue weighted by Gasteiger charge is -2.36. The van der Waals surface area contributed by atoms with E-state index in [9.17, 15) is 23.5 Å². The number of carboxylic acid groups (broad SMARTS) is 1. The van der Waals surface area contributed by atoms with Gasteiger partial charge in [-0.05, 0) is 42.7 Å². The second-order valence-corrected chi connectivity index (χ2v) is 6.63. The van der Waals surface area contributed by atoms with E-state index in [1.54, 1.807) is 0 Å². The topological polar surface area (TPSA) is 57.6 Å². The molecule has 1 saturated heterocycles. The third-order valence-electron chi connectivity index (χ3n) is 4.90. The quantitative estimate of drug-likeness (QED) is 0.930. The maximum Gasteiger partial charge on any atom is 0.326 e. The highest BCUT2D eigenvalue weighted by atomic mass is 19.1. The van der Waals surface area contributed by atoms with Gasteiger partial charge in [0.25, 0.3) is 0 Å². The van der Waals surface area contributed by atoms with E-state index >= 15 is 0 Å². The van der Waals surface area contributed by atoms with Gasteiger partial charge in [0.2, 0.25) is 5.91 Å². The molecule has 6 heteroatoms. The van der Waals surface area contributed by atoms with E-state index in [2.05, 4.69) is 0 Å². The lowest BCUT2D eigenvalue weighted by atomic mass is 9.92. The maximum absolute atomic E-state index is 13.8. The van der Waals surface area contributed by atoms with Gasteiger partial charge in [-0.25, -0.2) is 13.6 Å². The van der Waals surface area contributed by atoms with Gasteiger partial charge < -0.3 is 10.0 Å². The monoisotopic (exact) mass is 323 g/mol. The first-order valence-electron chi connectivity index (χ1n) is 7.86. The molecule has 0 radical (unpaired) electrons. The van der Waals surface area contributed by atoms with Crippen LogP contribution >= 0.6 is 0 Å². The van der Waals surface area contributed by atoms with Crippen LogP contribution in [0.15, 0.2) is 18.2 Å². The first-order valence-corrected chi connectivity index (χ1v) is 7.86. The van der Waals surface area contributed by atoms with E-state index in [1.165, 1.54) is 17.0 Å². The minimum Gasteiger partial charge on any atom is -0.480 e. The molecule has 0 bridgehead atoms. The second kappa shape index (κ2) is 5.91. The van der Waals surface area contributed by atoms with Gasteiger partial charge in [-0.15, -0.1) is 0 Å². The van der Waals surface area contributed by atoms with Crippen molar-refractivity contribution in [1.82, 2.24) is 4.90 Å². The van der Waals surface area contributed by atoms with Gasteiger partial charge in [-0.3, -0.25) is 4.79 Å². The Bertz CT molecular complexity index is 649. The Morgan fingerprint density at radius 2 is 2.00 bits per heavy atom. The van der Waals surface area contributed by atoms with Gasteiger partial charge in [0, 0.05) is 18.5 Å². The summed E-state index contributed by atoms with van der Waals surface area (Å²) in [4.78, 5) is 25.4. The van der Waals surface area contributed by atoms with E-state index in [1.807, 2.05) is 6.92 Å². The van der Waals surface area contributed by atoms with Crippen LogP contribution in [-0.4, -0.2) is 34.5 Å². The second-order valence-electron chi connectivity index (χ2n) is 6.63. The predicted molar refractivity (Wildman–Crippen MR) is 78.7 cm³/mol. The Kier molecular flexibility index (Phi) is 4.08. The zero-order valence-electron chi connectivity index (χ0n) is 12.8. The number of amides is 1. The van der Waals surface area contributed by atoms with Crippen LogP contribution in [0.1, 0.15) is 37.7 Å². The van der Waals surface area contributed by atoms with Crippen LogP contribution in [0.2, 0.25) is 0 Å². The summed E-state index contributed by atoms with van der Waals surface area (Å²) >= 11 is 0. The molecule has 4 nitrogen and oxygen atoms in total. The number of rotatable bonds is 3. The number of piperidine rings is 1. The van der Waals surface area contributed by atoms with Gasteiger partial charge in [0.15, 0.2) is 0 Å². The molecular formula is C17H19F2NO3. The van der Waals surface area contributed by atoms with Gasteiger partial charge >= 0.3 is 5.97 Å². The molecular weight excluding hydrogens is 304 g/mol. The van der Waals surface area contributed by atoms with Crippen LogP contribution in [0.3, 0.4) is 0 Å². The van der Waals surface area contributed by atoms with E-state index in [-0.39, 0.29) is 17.7 Å². The number of aliphatic carboxylic acids is 1. The van der Waals surface area contributed by atoms with Crippen LogP contribution < -0.4 is 0 Å². The van der Waals surface area contributed by atoms with Gasteiger partial charge in [0.1, 0.15) is 17.7 Å². The molecule has 2 fully saturated rings. The van der Waals surface area contributed by atoms with Gasteiger partial charge in [0.05, 0.1) is 0 Å². The lowest BCUT2D eigenvalue weighted by Crippen LogP contribution is -2.50. The first-order chi connectivity index (χ1) is 10.9. The maximum atomic E-state index is 13.8. The molecule has 23 heavy (non-hydrogen) atoms. The van der Waals surface area contributed by atoms with E-state index in [0.29, 0.717) is 24.9 Å². The van der Waals surface area contributed by atoms with Crippen molar-refractivity contribution in [2.75, 3.05) is 6.54 Å². The average molecular weight is 323 g/mol. The number of carbonyl (C=O) groups excluding carboxylic acids is 1. The Morgan fingerprint density at radius 1 is 1.26 bits per heavy atom. The van der Waals surface area contributed by atoms with Crippen molar-refractivity contribution in [3.8, 4) is 0 Å². The van der Waals surface area contributed by atoms with Crippen LogP contribution in [0.4, 0.5) is 8.78 Å². The van der Waals surface area contributed by atoms with Crippen molar-refractivity contribution in [3.05, 3.63) is 35.4 Å². The van der Waals surface area contributed by atoms with Gasteiger partial charge in [-0.1, -0.05) is 13.0 Å². The molecule has 4 atom stereocenters. The summed E-state index contributed by atoms with van der Waals surface area (Å²) < 4.78 is 26.8. The summed E-state index contributed by atoms with van der Waals surface area (Å²) in [7, 11) is 0. The highest BCUT2D eigenvalue weighted by Gasteiger charge is 2.49. The Labute approximate surface area is 133 Å². The molecule has 1 aromatic carbocycles. The fraction of sp³-hybridized carbons (Fsp3) is 0.529. The molecule has 1 saturated carbocycles. The van der Waals surface area contributed by atoms with Crippen LogP contribution in [0.25, 0.3) is 0 Å². The third-order valence-corrected chi connectivity index (χ3v) is 4.90. The van der Waals surface area contributed by atoms with Crippen molar-refractivity contribution in [3.63, 3.8) is 0 Å². The highest BCUT2D eigenvalue weighted by Crippen LogP contribution is 2.50. The number of nitrogens with zero attached hydrogens (tertiary/aromatic N) is 1. The number of benzene rings is 1. The van der Waals surface area contributed by atoms with E-state index in [0.717, 1.165) is 12.5 Å². The van der Waals surface area contributed by atoms with Crippen LogP contribution in [0, 0.1) is 23.5 Å². The minimum atomic E-state index is -0.991. The molecule has 0 spiro atoms. The molecule has 2 aliphatic rings. The molecule has 1 N–H and O–H groups in total. The smallest absolute Gasteiger partial charge is 0.326 e. The number of halogens is 2.